The second kappa shape index (κ2) is 8.26. The van der Waals surface area contributed by atoms with Gasteiger partial charge in [-0.15, -0.1) is 0 Å². The third-order valence-corrected chi connectivity index (χ3v) is 8.10. The van der Waals surface area contributed by atoms with Crippen molar-refractivity contribution in [3.05, 3.63) is 67.7 Å². The molecule has 0 radical (unpaired) electrons. The zero-order valence-corrected chi connectivity index (χ0v) is 21.0. The smallest absolute Gasteiger partial charge is 0.362 e. The number of hydrazone groups is 1. The summed E-state index contributed by atoms with van der Waals surface area (Å²) in [5, 5.41) is 3.92. The van der Waals surface area contributed by atoms with E-state index in [1.54, 1.807) is 11.0 Å². The lowest BCUT2D eigenvalue weighted by molar-refractivity contribution is -0.196. The van der Waals surface area contributed by atoms with Crippen molar-refractivity contribution in [1.82, 2.24) is 10.3 Å². The van der Waals surface area contributed by atoms with Crippen LogP contribution in [-0.2, 0) is 27.3 Å². The van der Waals surface area contributed by atoms with E-state index in [1.807, 2.05) is 26.0 Å². The monoisotopic (exact) mass is 545 g/mol. The van der Waals surface area contributed by atoms with E-state index >= 15 is 0 Å². The van der Waals surface area contributed by atoms with Crippen LogP contribution in [0.1, 0.15) is 42.5 Å². The van der Waals surface area contributed by atoms with Crippen molar-refractivity contribution in [2.24, 2.45) is 11.0 Å². The van der Waals surface area contributed by atoms with Crippen molar-refractivity contribution in [1.29, 1.82) is 0 Å². The van der Waals surface area contributed by atoms with Gasteiger partial charge in [-0.05, 0) is 40.5 Å². The van der Waals surface area contributed by atoms with Crippen LogP contribution in [0, 0.1) is 5.92 Å². The molecule has 5 nitrogen and oxygen atoms in total. The minimum absolute atomic E-state index is 0.00856. The molecule has 0 bridgehead atoms. The highest BCUT2D eigenvalue weighted by molar-refractivity contribution is 6.48. The molecule has 186 valence electrons. The molecule has 35 heavy (non-hydrogen) atoms. The molecule has 1 saturated heterocycles. The second-order valence-electron chi connectivity index (χ2n) is 9.51. The van der Waals surface area contributed by atoms with E-state index in [2.05, 4.69) is 10.5 Å². The predicted octanol–water partition coefficient (Wildman–Crippen LogP) is 6.03. The van der Waals surface area contributed by atoms with Crippen molar-refractivity contribution in [3.63, 3.8) is 0 Å². The maximum Gasteiger partial charge on any atom is 0.417 e. The molecule has 3 aliphatic rings. The summed E-state index contributed by atoms with van der Waals surface area (Å²) in [6.07, 6.45) is -5.15. The third kappa shape index (κ3) is 3.80. The van der Waals surface area contributed by atoms with Crippen LogP contribution in [0.2, 0.25) is 15.1 Å². The Morgan fingerprint density at radius 1 is 1.14 bits per heavy atom. The summed E-state index contributed by atoms with van der Waals surface area (Å²) in [4.78, 5) is 14.0. The highest BCUT2D eigenvalue weighted by atomic mass is 35.5. The molecule has 1 fully saturated rings. The average Bonchev–Trinajstić information content (AvgIpc) is 3.38. The molecule has 0 aliphatic carbocycles. The van der Waals surface area contributed by atoms with Crippen molar-refractivity contribution < 1.29 is 22.7 Å². The van der Waals surface area contributed by atoms with Gasteiger partial charge in [0.05, 0.1) is 40.5 Å². The minimum Gasteiger partial charge on any atom is -0.362 e. The van der Waals surface area contributed by atoms with E-state index in [0.29, 0.717) is 25.3 Å². The molecule has 3 aliphatic heterocycles. The predicted molar refractivity (Wildman–Crippen MR) is 128 cm³/mol. The Labute approximate surface area is 215 Å². The van der Waals surface area contributed by atoms with Gasteiger partial charge in [0.2, 0.25) is 5.91 Å². The zero-order valence-electron chi connectivity index (χ0n) is 18.8. The molecule has 1 spiro atoms. The van der Waals surface area contributed by atoms with Crippen LogP contribution in [0.5, 0.6) is 0 Å². The van der Waals surface area contributed by atoms with Crippen LogP contribution in [-0.4, -0.2) is 35.8 Å². The Balaban J connectivity index is 1.42. The third-order valence-electron chi connectivity index (χ3n) is 6.91. The molecule has 5 rings (SSSR count). The van der Waals surface area contributed by atoms with Crippen LogP contribution in [0.25, 0.3) is 0 Å². The number of rotatable bonds is 3. The first kappa shape index (κ1) is 24.7. The summed E-state index contributed by atoms with van der Waals surface area (Å²) in [5.74, 6) is -0.0237. The Bertz CT molecular complexity index is 1240. The summed E-state index contributed by atoms with van der Waals surface area (Å²) in [5.41, 5.74) is 1.73. The number of hydrogen-bond donors (Lipinski definition) is 1. The molecule has 1 atom stereocenters. The summed E-state index contributed by atoms with van der Waals surface area (Å²) in [7, 11) is 0. The number of alkyl halides is 3. The van der Waals surface area contributed by atoms with Crippen molar-refractivity contribution in [2.75, 3.05) is 13.1 Å². The molecule has 0 aromatic heterocycles. The van der Waals surface area contributed by atoms with Crippen molar-refractivity contribution in [2.45, 2.75) is 44.2 Å². The molecule has 1 N–H and O–H groups in total. The van der Waals surface area contributed by atoms with E-state index in [1.165, 1.54) is 0 Å². The highest BCUT2D eigenvalue weighted by Gasteiger charge is 2.59. The molecule has 1 amide bonds. The summed E-state index contributed by atoms with van der Waals surface area (Å²) < 4.78 is 49.2. The molecule has 3 heterocycles. The maximum absolute atomic E-state index is 14.4. The average molecular weight is 547 g/mol. The van der Waals surface area contributed by atoms with Gasteiger partial charge in [-0.2, -0.15) is 18.3 Å². The highest BCUT2D eigenvalue weighted by Crippen LogP contribution is 2.48. The standard InChI is InChI=1S/C24H21Cl3F3N3O2/c1-12(2)21(34)33-10-22(11-33)16-4-3-13(5-14(16)9-35-22)19-8-23(32-31-19,24(28,29)30)15-6-17(25)20(27)18(26)7-15/h3-7,12,32H,8-11H2,1-2H3. The first-order valence-electron chi connectivity index (χ1n) is 11.0. The number of nitrogens with one attached hydrogen (secondary N) is 1. The Kier molecular flexibility index (Phi) is 5.83. The first-order chi connectivity index (χ1) is 16.4. The van der Waals surface area contributed by atoms with Crippen LogP contribution in [0.4, 0.5) is 13.2 Å². The van der Waals surface area contributed by atoms with Crippen molar-refractivity contribution in [3.8, 4) is 0 Å². The van der Waals surface area contributed by atoms with Gasteiger partial charge in [0.1, 0.15) is 5.60 Å². The SMILES string of the molecule is CC(C)C(=O)N1CC2(C1)OCc1cc(C3=NNC(c4cc(Cl)c(Cl)c(Cl)c4)(C(F)(F)F)C3)ccc12. The van der Waals surface area contributed by atoms with Gasteiger partial charge in [0, 0.05) is 12.3 Å². The van der Waals surface area contributed by atoms with E-state index in [9.17, 15) is 18.0 Å². The van der Waals surface area contributed by atoms with Crippen LogP contribution in [0.3, 0.4) is 0 Å². The molecule has 1 unspecified atom stereocenters. The number of hydrogen-bond acceptors (Lipinski definition) is 4. The van der Waals surface area contributed by atoms with E-state index in [0.717, 1.165) is 23.3 Å². The summed E-state index contributed by atoms with van der Waals surface area (Å²) >= 11 is 18.0. The Hall–Kier alpha value is -2.00. The Morgan fingerprint density at radius 2 is 1.80 bits per heavy atom. The second-order valence-corrected chi connectivity index (χ2v) is 10.7. The number of fused-ring (bicyclic) bond motifs is 2. The number of amides is 1. The number of nitrogens with zero attached hydrogens (tertiary/aromatic N) is 2. The number of ether oxygens (including phenoxy) is 1. The lowest BCUT2D eigenvalue weighted by Gasteiger charge is -2.48. The molecule has 11 heteroatoms. The molecular formula is C24H21Cl3F3N3O2. The molecule has 2 aromatic rings. The molecule has 2 aromatic carbocycles. The molecule has 0 saturated carbocycles. The van der Waals surface area contributed by atoms with Gasteiger partial charge in [0.25, 0.3) is 0 Å². The van der Waals surface area contributed by atoms with Crippen molar-refractivity contribution >= 4 is 46.4 Å². The van der Waals surface area contributed by atoms with E-state index < -0.39 is 23.7 Å². The quantitative estimate of drug-likeness (QED) is 0.479. The maximum atomic E-state index is 14.4. The first-order valence-corrected chi connectivity index (χ1v) is 12.1. The lowest BCUT2D eigenvalue weighted by atomic mass is 9.82. The van der Waals surface area contributed by atoms with Gasteiger partial charge < -0.3 is 9.64 Å². The summed E-state index contributed by atoms with van der Waals surface area (Å²) in [6.45, 7) is 4.96. The number of halogens is 6. The normalized spacial score (nSPS) is 22.8. The molecular weight excluding hydrogens is 526 g/mol. The Morgan fingerprint density at radius 3 is 2.40 bits per heavy atom. The van der Waals surface area contributed by atoms with Gasteiger partial charge in [-0.3, -0.25) is 10.2 Å². The number of carbonyl (C=O) groups excluding carboxylic acids is 1. The fourth-order valence-electron chi connectivity index (χ4n) is 4.94. The summed E-state index contributed by atoms with van der Waals surface area (Å²) in [6, 6.07) is 7.75. The van der Waals surface area contributed by atoms with Gasteiger partial charge >= 0.3 is 6.18 Å². The van der Waals surface area contributed by atoms with Gasteiger partial charge in [-0.25, -0.2) is 0 Å². The van der Waals surface area contributed by atoms with Crippen LogP contribution in [0.15, 0.2) is 35.4 Å². The van der Waals surface area contributed by atoms with E-state index in [-0.39, 0.29) is 38.2 Å². The minimum atomic E-state index is -4.69. The fourth-order valence-corrected chi connectivity index (χ4v) is 5.54. The van der Waals surface area contributed by atoms with Gasteiger partial charge in [-0.1, -0.05) is 60.8 Å². The fraction of sp³-hybridized carbons (Fsp3) is 0.417. The van der Waals surface area contributed by atoms with Gasteiger partial charge in [0.15, 0.2) is 5.54 Å². The zero-order chi connectivity index (χ0) is 25.3. The number of likely N-dealkylation sites (tertiary alicyclic amines) is 1. The number of carbonyl (C=O) groups is 1. The topological polar surface area (TPSA) is 53.9 Å². The van der Waals surface area contributed by atoms with E-state index in [4.69, 9.17) is 39.5 Å². The van der Waals surface area contributed by atoms with Crippen LogP contribution < -0.4 is 5.43 Å². The number of benzene rings is 2. The lowest BCUT2D eigenvalue weighted by Crippen LogP contribution is -2.61. The largest absolute Gasteiger partial charge is 0.417 e. The van der Waals surface area contributed by atoms with Crippen LogP contribution >= 0.6 is 34.8 Å².